The molecule has 1 aliphatic rings. The van der Waals surface area contributed by atoms with Crippen LogP contribution in [-0.2, 0) is 16.8 Å². The molecule has 7 heteroatoms. The highest BCUT2D eigenvalue weighted by atomic mass is 35.5. The van der Waals surface area contributed by atoms with E-state index in [0.717, 1.165) is 0 Å². The maximum absolute atomic E-state index is 14.0. The number of hydrogen-bond acceptors (Lipinski definition) is 3. The minimum Gasteiger partial charge on any atom is -0.479 e. The van der Waals surface area contributed by atoms with Crippen LogP contribution in [-0.4, -0.2) is 21.6 Å². The van der Waals surface area contributed by atoms with Crippen molar-refractivity contribution in [3.8, 4) is 5.75 Å². The molecular weight excluding hydrogens is 313 g/mol. The van der Waals surface area contributed by atoms with Gasteiger partial charge in [0.05, 0.1) is 5.02 Å². The van der Waals surface area contributed by atoms with Crippen LogP contribution in [0.4, 0.5) is 4.39 Å². The number of fused-ring (bicyclic) bond motifs is 3. The van der Waals surface area contributed by atoms with Gasteiger partial charge in [-0.25, -0.2) is 14.0 Å². The summed E-state index contributed by atoms with van der Waals surface area (Å²) in [4.78, 5) is 24.0. The lowest BCUT2D eigenvalue weighted by Gasteiger charge is -2.28. The number of carboxylic acid groups (broad SMARTS) is 1. The second-order valence-electron chi connectivity index (χ2n) is 5.30. The average Bonchev–Trinajstić information content (AvgIpc) is 2.93. The molecule has 1 unspecified atom stereocenters. The van der Waals surface area contributed by atoms with Crippen molar-refractivity contribution in [3.05, 3.63) is 52.6 Å². The maximum atomic E-state index is 14.0. The van der Waals surface area contributed by atoms with E-state index in [4.69, 9.17) is 16.3 Å². The van der Waals surface area contributed by atoms with Crippen molar-refractivity contribution in [2.24, 2.45) is 0 Å². The van der Waals surface area contributed by atoms with Gasteiger partial charge in [-0.15, -0.1) is 0 Å². The molecule has 0 saturated heterocycles. The van der Waals surface area contributed by atoms with E-state index in [1.54, 1.807) is 0 Å². The summed E-state index contributed by atoms with van der Waals surface area (Å²) in [5.74, 6) is -3.13. The highest BCUT2D eigenvalue weighted by molar-refractivity contribution is 6.31. The number of rotatable bonds is 1. The van der Waals surface area contributed by atoms with Crippen LogP contribution in [0.25, 0.3) is 0 Å². The molecule has 3 rings (SSSR count). The number of hydrogen-bond donors (Lipinski definition) is 1. The van der Waals surface area contributed by atoms with Crippen LogP contribution in [0.15, 0.2) is 30.5 Å². The van der Waals surface area contributed by atoms with E-state index in [-0.39, 0.29) is 22.9 Å². The van der Waals surface area contributed by atoms with E-state index >= 15 is 0 Å². The lowest BCUT2D eigenvalue weighted by Crippen LogP contribution is -2.42. The molecule has 114 valence electrons. The first-order valence-electron chi connectivity index (χ1n) is 6.44. The number of benzene rings is 1. The molecule has 5 nitrogen and oxygen atoms in total. The Hall–Kier alpha value is -2.34. The summed E-state index contributed by atoms with van der Waals surface area (Å²) in [5.41, 5.74) is -0.941. The van der Waals surface area contributed by atoms with Gasteiger partial charge in [0.25, 0.3) is 0 Å². The van der Waals surface area contributed by atoms with Gasteiger partial charge in [-0.05, 0) is 36.8 Å². The molecule has 1 aromatic carbocycles. The predicted octanol–water partition coefficient (Wildman–Crippen LogP) is 2.86. The summed E-state index contributed by atoms with van der Waals surface area (Å²) in [6.45, 7) is 1.48. The molecule has 0 aliphatic carbocycles. The largest absolute Gasteiger partial charge is 0.479 e. The summed E-state index contributed by atoms with van der Waals surface area (Å²) < 4.78 is 20.3. The zero-order chi connectivity index (χ0) is 16.1. The van der Waals surface area contributed by atoms with Gasteiger partial charge in [-0.1, -0.05) is 11.6 Å². The molecule has 1 aromatic heterocycles. The molecule has 2 heterocycles. The number of esters is 1. The van der Waals surface area contributed by atoms with Crippen molar-refractivity contribution < 1.29 is 23.8 Å². The summed E-state index contributed by atoms with van der Waals surface area (Å²) in [7, 11) is 0. The molecule has 2 bridgehead atoms. The fourth-order valence-corrected chi connectivity index (χ4v) is 2.82. The highest BCUT2D eigenvalue weighted by Crippen LogP contribution is 2.33. The zero-order valence-electron chi connectivity index (χ0n) is 11.5. The molecule has 0 amide bonds. The molecule has 0 saturated carbocycles. The molecule has 22 heavy (non-hydrogen) atoms. The fraction of sp³-hybridized carbons (Fsp3) is 0.200. The molecule has 0 fully saturated rings. The van der Waals surface area contributed by atoms with Gasteiger partial charge in [-0.3, -0.25) is 0 Å². The van der Waals surface area contributed by atoms with Gasteiger partial charge in [-0.2, -0.15) is 0 Å². The quantitative estimate of drug-likeness (QED) is 0.647. The van der Waals surface area contributed by atoms with Crippen molar-refractivity contribution in [2.45, 2.75) is 18.9 Å². The standard InChI is InChI=1S/C15H11ClFNO4/c1-15(14(20)21)7-8-5-9(16)12(17)11(6-8)22-13(19)10-3-2-4-18(10)15/h2-6H,7H2,1H3,(H,20,21). The number of aromatic nitrogens is 1. The van der Waals surface area contributed by atoms with E-state index in [0.29, 0.717) is 5.56 Å². The average molecular weight is 324 g/mol. The third-order valence-corrected chi connectivity index (χ3v) is 4.03. The molecule has 1 N–H and O–H groups in total. The Morgan fingerprint density at radius 3 is 2.91 bits per heavy atom. The topological polar surface area (TPSA) is 68.5 Å². The predicted molar refractivity (Wildman–Crippen MR) is 75.8 cm³/mol. The van der Waals surface area contributed by atoms with E-state index in [9.17, 15) is 19.1 Å². The molecule has 1 atom stereocenters. The second kappa shape index (κ2) is 4.84. The van der Waals surface area contributed by atoms with Gasteiger partial charge in [0.1, 0.15) is 11.2 Å². The first-order chi connectivity index (χ1) is 10.3. The number of ether oxygens (including phenoxy) is 1. The van der Waals surface area contributed by atoms with E-state index in [2.05, 4.69) is 0 Å². The van der Waals surface area contributed by atoms with Crippen molar-refractivity contribution in [2.75, 3.05) is 0 Å². The number of carbonyl (C=O) groups excluding carboxylic acids is 1. The first-order valence-corrected chi connectivity index (χ1v) is 6.82. The Kier molecular flexibility index (Phi) is 3.21. The van der Waals surface area contributed by atoms with Crippen LogP contribution in [0.2, 0.25) is 5.02 Å². The molecule has 1 aliphatic heterocycles. The molecule has 0 spiro atoms. The first kappa shape index (κ1) is 14.6. The fourth-order valence-electron chi connectivity index (χ4n) is 2.58. The zero-order valence-corrected chi connectivity index (χ0v) is 12.2. The maximum Gasteiger partial charge on any atom is 0.360 e. The Morgan fingerprint density at radius 2 is 2.23 bits per heavy atom. The Morgan fingerprint density at radius 1 is 1.50 bits per heavy atom. The van der Waals surface area contributed by atoms with Gasteiger partial charge in [0.15, 0.2) is 11.6 Å². The summed E-state index contributed by atoms with van der Waals surface area (Å²) >= 11 is 5.80. The summed E-state index contributed by atoms with van der Waals surface area (Å²) in [6.07, 6.45) is 1.50. The number of carbonyl (C=O) groups is 2. The van der Waals surface area contributed by atoms with Crippen LogP contribution in [0.3, 0.4) is 0 Å². The van der Waals surface area contributed by atoms with Crippen LogP contribution in [0.5, 0.6) is 5.75 Å². The van der Waals surface area contributed by atoms with Crippen molar-refractivity contribution in [1.29, 1.82) is 0 Å². The van der Waals surface area contributed by atoms with Gasteiger partial charge < -0.3 is 14.4 Å². The van der Waals surface area contributed by atoms with E-state index in [1.165, 1.54) is 42.0 Å². The van der Waals surface area contributed by atoms with Crippen LogP contribution < -0.4 is 4.74 Å². The lowest BCUT2D eigenvalue weighted by molar-refractivity contribution is -0.146. The Bertz CT molecular complexity index is 801. The Labute approximate surface area is 129 Å². The highest BCUT2D eigenvalue weighted by Gasteiger charge is 2.39. The third-order valence-electron chi connectivity index (χ3n) is 3.76. The van der Waals surface area contributed by atoms with Gasteiger partial charge in [0, 0.05) is 12.6 Å². The van der Waals surface area contributed by atoms with E-state index in [1.807, 2.05) is 0 Å². The normalized spacial score (nSPS) is 20.4. The summed E-state index contributed by atoms with van der Waals surface area (Å²) in [6, 6.07) is 5.60. The SMILES string of the molecule is CC1(C(=O)O)Cc2cc(Cl)c(F)c(c2)OC(=O)c2cccn21. The monoisotopic (exact) mass is 323 g/mol. The minimum absolute atomic E-state index is 0.0215. The minimum atomic E-state index is -1.43. The van der Waals surface area contributed by atoms with Crippen LogP contribution in [0.1, 0.15) is 23.0 Å². The van der Waals surface area contributed by atoms with E-state index < -0.39 is 23.3 Å². The molecule has 2 aromatic rings. The van der Waals surface area contributed by atoms with Crippen LogP contribution in [0, 0.1) is 5.82 Å². The molecule has 0 radical (unpaired) electrons. The lowest BCUT2D eigenvalue weighted by atomic mass is 9.92. The molecular formula is C15H11ClFNO4. The van der Waals surface area contributed by atoms with Crippen molar-refractivity contribution in [3.63, 3.8) is 0 Å². The van der Waals surface area contributed by atoms with Gasteiger partial charge in [0.2, 0.25) is 0 Å². The summed E-state index contributed by atoms with van der Waals surface area (Å²) in [5, 5.41) is 9.41. The third kappa shape index (κ3) is 2.07. The smallest absolute Gasteiger partial charge is 0.360 e. The number of carboxylic acids is 1. The number of halogens is 2. The van der Waals surface area contributed by atoms with Crippen molar-refractivity contribution >= 4 is 23.5 Å². The van der Waals surface area contributed by atoms with Gasteiger partial charge >= 0.3 is 11.9 Å². The van der Waals surface area contributed by atoms with Crippen molar-refractivity contribution in [1.82, 2.24) is 4.57 Å². The number of nitrogens with zero attached hydrogens (tertiary/aromatic N) is 1. The number of aliphatic carboxylic acids is 1. The van der Waals surface area contributed by atoms with Crippen LogP contribution >= 0.6 is 11.6 Å². The second-order valence-corrected chi connectivity index (χ2v) is 5.71. The Balaban J connectivity index is 2.28.